The van der Waals surface area contributed by atoms with Crippen LogP contribution in [0.5, 0.6) is 0 Å². The second-order valence-corrected chi connectivity index (χ2v) is 9.78. The highest BCUT2D eigenvalue weighted by Crippen LogP contribution is 2.34. The molecule has 40 heavy (non-hydrogen) atoms. The standard InChI is InChI=1S/C27H26ClF3N6O3/c1-40-15-20-12-35-10-18(7-23(35)27(39)37(20)11-17-6-19(29)3-2-16(17)14-38)21-8-26(32-9-22(21)28)33-25-4-5-36(34-25)13-24(30)31/h2-10,20,24,38H,11-15H2,1H3,(H,32,33,34). The van der Waals surface area contributed by atoms with Crippen molar-refractivity contribution in [2.24, 2.45) is 0 Å². The molecule has 1 amide bonds. The summed E-state index contributed by atoms with van der Waals surface area (Å²) in [6, 6.07) is 8.72. The molecular weight excluding hydrogens is 549 g/mol. The number of hydrogen-bond donors (Lipinski definition) is 2. The van der Waals surface area contributed by atoms with Gasteiger partial charge in [-0.15, -0.1) is 0 Å². The molecule has 1 atom stereocenters. The van der Waals surface area contributed by atoms with Gasteiger partial charge in [-0.2, -0.15) is 5.10 Å². The number of carbonyl (C=O) groups excluding carboxylic acids is 1. The molecule has 1 aliphatic heterocycles. The number of aliphatic hydroxyl groups excluding tert-OH is 1. The maximum absolute atomic E-state index is 14.0. The Labute approximate surface area is 232 Å². The largest absolute Gasteiger partial charge is 0.392 e. The Morgan fingerprint density at radius 3 is 2.77 bits per heavy atom. The quantitative estimate of drug-likeness (QED) is 0.285. The molecule has 4 heterocycles. The third kappa shape index (κ3) is 5.83. The Hall–Kier alpha value is -3.87. The number of methoxy groups -OCH3 is 1. The number of carbonyl (C=O) groups is 1. The third-order valence-corrected chi connectivity index (χ3v) is 6.95. The van der Waals surface area contributed by atoms with Crippen LogP contribution in [0.1, 0.15) is 21.6 Å². The predicted octanol–water partition coefficient (Wildman–Crippen LogP) is 4.71. The molecule has 5 rings (SSSR count). The van der Waals surface area contributed by atoms with E-state index < -0.39 is 18.8 Å². The van der Waals surface area contributed by atoms with Crippen LogP contribution in [0.15, 0.2) is 55.0 Å². The molecular formula is C27H26ClF3N6O3. The number of hydrogen-bond acceptors (Lipinski definition) is 6. The highest BCUT2D eigenvalue weighted by molar-refractivity contribution is 6.33. The fourth-order valence-corrected chi connectivity index (χ4v) is 4.99. The van der Waals surface area contributed by atoms with E-state index in [1.807, 2.05) is 10.8 Å². The van der Waals surface area contributed by atoms with Crippen molar-refractivity contribution in [1.29, 1.82) is 0 Å². The maximum atomic E-state index is 14.0. The zero-order valence-electron chi connectivity index (χ0n) is 21.4. The molecule has 210 valence electrons. The number of amides is 1. The van der Waals surface area contributed by atoms with E-state index >= 15 is 0 Å². The van der Waals surface area contributed by atoms with Gasteiger partial charge in [0.2, 0.25) is 0 Å². The first-order valence-corrected chi connectivity index (χ1v) is 12.8. The minimum Gasteiger partial charge on any atom is -0.392 e. The highest BCUT2D eigenvalue weighted by Gasteiger charge is 2.34. The van der Waals surface area contributed by atoms with Crippen LogP contribution in [0, 0.1) is 5.82 Å². The number of rotatable bonds is 10. The number of halogens is 4. The van der Waals surface area contributed by atoms with Crippen LogP contribution in [0.3, 0.4) is 0 Å². The monoisotopic (exact) mass is 574 g/mol. The lowest BCUT2D eigenvalue weighted by Crippen LogP contribution is -2.49. The summed E-state index contributed by atoms with van der Waals surface area (Å²) in [6.07, 6.45) is 2.18. The predicted molar refractivity (Wildman–Crippen MR) is 142 cm³/mol. The number of pyridine rings is 1. The summed E-state index contributed by atoms with van der Waals surface area (Å²) in [5, 5.41) is 17.1. The van der Waals surface area contributed by atoms with Crippen molar-refractivity contribution in [2.75, 3.05) is 19.0 Å². The first-order chi connectivity index (χ1) is 19.2. The Morgan fingerprint density at radius 2 is 2.02 bits per heavy atom. The molecule has 0 radical (unpaired) electrons. The van der Waals surface area contributed by atoms with Crippen LogP contribution in [0.25, 0.3) is 11.1 Å². The lowest BCUT2D eigenvalue weighted by Gasteiger charge is -2.36. The Balaban J connectivity index is 1.43. The van der Waals surface area contributed by atoms with Crippen molar-refractivity contribution in [3.8, 4) is 11.1 Å². The summed E-state index contributed by atoms with van der Waals surface area (Å²) in [5.74, 6) is -0.00641. The molecule has 0 aliphatic carbocycles. The summed E-state index contributed by atoms with van der Waals surface area (Å²) in [5.41, 5.74) is 2.73. The molecule has 0 fully saturated rings. The fourth-order valence-electron chi connectivity index (χ4n) is 4.77. The average Bonchev–Trinajstić information content (AvgIpc) is 3.54. The van der Waals surface area contributed by atoms with Gasteiger partial charge in [0, 0.05) is 56.0 Å². The number of aromatic nitrogens is 4. The SMILES string of the molecule is COCC1Cn2cc(-c3cc(Nc4ccn(CC(F)F)n4)ncc3Cl)cc2C(=O)N1Cc1cc(F)ccc1CO. The second-order valence-electron chi connectivity index (χ2n) is 9.37. The molecule has 4 aromatic rings. The highest BCUT2D eigenvalue weighted by atomic mass is 35.5. The Morgan fingerprint density at radius 1 is 1.20 bits per heavy atom. The number of alkyl halides is 2. The van der Waals surface area contributed by atoms with Gasteiger partial charge >= 0.3 is 0 Å². The number of anilines is 2. The van der Waals surface area contributed by atoms with Crippen LogP contribution in [0.4, 0.5) is 24.8 Å². The first kappa shape index (κ1) is 27.7. The second kappa shape index (κ2) is 11.7. The number of nitrogens with one attached hydrogen (secondary N) is 1. The van der Waals surface area contributed by atoms with Crippen LogP contribution >= 0.6 is 11.6 Å². The van der Waals surface area contributed by atoms with Crippen molar-refractivity contribution in [3.05, 3.63) is 82.6 Å². The first-order valence-electron chi connectivity index (χ1n) is 12.4. The number of ether oxygens (including phenoxy) is 1. The summed E-state index contributed by atoms with van der Waals surface area (Å²) >= 11 is 6.48. The molecule has 9 nitrogen and oxygen atoms in total. The average molecular weight is 575 g/mol. The van der Waals surface area contributed by atoms with Gasteiger partial charge in [0.25, 0.3) is 12.3 Å². The van der Waals surface area contributed by atoms with Gasteiger partial charge in [-0.1, -0.05) is 17.7 Å². The van der Waals surface area contributed by atoms with E-state index in [0.29, 0.717) is 51.2 Å². The van der Waals surface area contributed by atoms with E-state index in [1.54, 1.807) is 30.2 Å². The molecule has 0 saturated carbocycles. The molecule has 1 unspecified atom stereocenters. The number of fused-ring (bicyclic) bond motifs is 1. The lowest BCUT2D eigenvalue weighted by molar-refractivity contribution is 0.0386. The van der Waals surface area contributed by atoms with Gasteiger partial charge < -0.3 is 24.6 Å². The third-order valence-electron chi connectivity index (χ3n) is 6.65. The van der Waals surface area contributed by atoms with Gasteiger partial charge in [0.15, 0.2) is 5.82 Å². The van der Waals surface area contributed by atoms with Gasteiger partial charge in [-0.25, -0.2) is 18.2 Å². The van der Waals surface area contributed by atoms with Crippen LogP contribution < -0.4 is 5.32 Å². The summed E-state index contributed by atoms with van der Waals surface area (Å²) in [6.45, 7) is -0.0223. The van der Waals surface area contributed by atoms with E-state index in [0.717, 1.165) is 4.68 Å². The summed E-state index contributed by atoms with van der Waals surface area (Å²) in [7, 11) is 1.54. The molecule has 0 spiro atoms. The smallest absolute Gasteiger partial charge is 0.271 e. The van der Waals surface area contributed by atoms with Gasteiger partial charge in [0.05, 0.1) is 24.3 Å². The van der Waals surface area contributed by atoms with Crippen LogP contribution in [-0.4, -0.2) is 61.4 Å². The van der Waals surface area contributed by atoms with Gasteiger partial charge in [0.1, 0.15) is 23.9 Å². The zero-order chi connectivity index (χ0) is 28.4. The molecule has 1 aliphatic rings. The molecule has 2 N–H and O–H groups in total. The van der Waals surface area contributed by atoms with Crippen molar-refractivity contribution in [2.45, 2.75) is 38.7 Å². The lowest BCUT2D eigenvalue weighted by atomic mass is 10.0. The van der Waals surface area contributed by atoms with Gasteiger partial charge in [-0.05, 0) is 35.4 Å². The minimum atomic E-state index is -2.53. The fraction of sp³-hybridized carbons (Fsp3) is 0.296. The van der Waals surface area contributed by atoms with Gasteiger partial charge in [-0.3, -0.25) is 9.48 Å². The number of nitrogens with zero attached hydrogens (tertiary/aromatic N) is 5. The number of aliphatic hydroxyl groups is 1. The normalized spacial score (nSPS) is 15.1. The molecule has 1 aromatic carbocycles. The van der Waals surface area contributed by atoms with Crippen molar-refractivity contribution in [3.63, 3.8) is 0 Å². The van der Waals surface area contributed by atoms with E-state index in [1.165, 1.54) is 30.6 Å². The van der Waals surface area contributed by atoms with E-state index in [9.17, 15) is 23.1 Å². The minimum absolute atomic E-state index is 0.101. The Kier molecular flexibility index (Phi) is 8.10. The van der Waals surface area contributed by atoms with E-state index in [-0.39, 0.29) is 31.7 Å². The zero-order valence-corrected chi connectivity index (χ0v) is 22.2. The maximum Gasteiger partial charge on any atom is 0.271 e. The van der Waals surface area contributed by atoms with Crippen LogP contribution in [-0.2, 0) is 31.0 Å². The van der Waals surface area contributed by atoms with Crippen molar-refractivity contribution >= 4 is 29.1 Å². The molecule has 3 aromatic heterocycles. The summed E-state index contributed by atoms with van der Waals surface area (Å²) < 4.78 is 47.6. The summed E-state index contributed by atoms with van der Waals surface area (Å²) in [4.78, 5) is 19.6. The van der Waals surface area contributed by atoms with Crippen molar-refractivity contribution < 1.29 is 27.8 Å². The molecule has 0 bridgehead atoms. The molecule has 13 heteroatoms. The van der Waals surface area contributed by atoms with E-state index in [2.05, 4.69) is 15.4 Å². The van der Waals surface area contributed by atoms with Crippen LogP contribution in [0.2, 0.25) is 5.02 Å². The topological polar surface area (TPSA) is 97.4 Å². The molecule has 0 saturated heterocycles. The Bertz CT molecular complexity index is 1530. The van der Waals surface area contributed by atoms with E-state index in [4.69, 9.17) is 16.3 Å². The number of benzene rings is 1. The van der Waals surface area contributed by atoms with Crippen molar-refractivity contribution in [1.82, 2.24) is 24.2 Å².